The molecule has 0 amide bonds. The number of nitrogens with zero attached hydrogens (tertiary/aromatic N) is 4. The van der Waals surface area contributed by atoms with Gasteiger partial charge in [0.2, 0.25) is 0 Å². The first-order valence-electron chi connectivity index (χ1n) is 7.12. The summed E-state index contributed by atoms with van der Waals surface area (Å²) in [5.41, 5.74) is 0.0881. The Bertz CT molecular complexity index is 1050. The van der Waals surface area contributed by atoms with Gasteiger partial charge in [-0.25, -0.2) is 4.39 Å². The Hall–Kier alpha value is -1.74. The number of rotatable bonds is 4. The number of aromatic nitrogens is 2. The molecule has 2 heterocycles. The average molecular weight is 476 g/mol. The minimum atomic E-state index is -0.583. The van der Waals surface area contributed by atoms with Crippen LogP contribution in [0.5, 0.6) is 0 Å². The lowest BCUT2D eigenvalue weighted by molar-refractivity contribution is 0.627. The highest BCUT2D eigenvalue weighted by atomic mass is 79.9. The number of hydrazone groups is 1. The zero-order valence-electron chi connectivity index (χ0n) is 13.2. The molecule has 0 N–H and O–H groups in total. The maximum Gasteiger partial charge on any atom is 0.292 e. The summed E-state index contributed by atoms with van der Waals surface area (Å²) in [7, 11) is 1.65. The van der Waals surface area contributed by atoms with E-state index >= 15 is 0 Å². The molecule has 0 aliphatic rings. The van der Waals surface area contributed by atoms with E-state index in [4.69, 9.17) is 23.2 Å². The topological polar surface area (TPSA) is 50.5 Å². The van der Waals surface area contributed by atoms with Crippen molar-refractivity contribution < 1.29 is 4.39 Å². The van der Waals surface area contributed by atoms with Crippen molar-refractivity contribution in [2.45, 2.75) is 0 Å². The first kappa shape index (κ1) is 19.0. The van der Waals surface area contributed by atoms with Crippen LogP contribution in [0.4, 0.5) is 10.1 Å². The maximum atomic E-state index is 13.3. The van der Waals surface area contributed by atoms with Gasteiger partial charge in [0.15, 0.2) is 0 Å². The highest BCUT2D eigenvalue weighted by molar-refractivity contribution is 9.10. The van der Waals surface area contributed by atoms with E-state index in [0.29, 0.717) is 11.4 Å². The molecule has 134 valence electrons. The lowest BCUT2D eigenvalue weighted by atomic mass is 10.3. The van der Waals surface area contributed by atoms with Crippen molar-refractivity contribution in [1.29, 1.82) is 0 Å². The second kappa shape index (κ2) is 7.87. The van der Waals surface area contributed by atoms with Gasteiger partial charge < -0.3 is 0 Å². The molecule has 0 aliphatic heterocycles. The minimum Gasteiger partial charge on any atom is -0.266 e. The van der Waals surface area contributed by atoms with Gasteiger partial charge >= 0.3 is 0 Å². The quantitative estimate of drug-likeness (QED) is 0.395. The number of thiophene rings is 1. The van der Waals surface area contributed by atoms with Crippen molar-refractivity contribution in [3.05, 3.63) is 71.4 Å². The van der Waals surface area contributed by atoms with E-state index in [-0.39, 0.29) is 10.0 Å². The fourth-order valence-corrected chi connectivity index (χ4v) is 3.78. The van der Waals surface area contributed by atoms with Gasteiger partial charge in [0.25, 0.3) is 5.56 Å². The van der Waals surface area contributed by atoms with Crippen LogP contribution in [0.3, 0.4) is 0 Å². The molecule has 0 fully saturated rings. The van der Waals surface area contributed by atoms with Gasteiger partial charge in [0.1, 0.15) is 16.5 Å². The predicted molar refractivity (Wildman–Crippen MR) is 108 cm³/mol. The number of anilines is 1. The van der Waals surface area contributed by atoms with E-state index in [1.165, 1.54) is 34.7 Å². The second-order valence-corrected chi connectivity index (χ2v) is 7.74. The molecular formula is C16H10BrCl2FN4OS. The molecule has 26 heavy (non-hydrogen) atoms. The Morgan fingerprint density at radius 3 is 2.81 bits per heavy atom. The summed E-state index contributed by atoms with van der Waals surface area (Å²) in [5.74, 6) is -0.583. The zero-order chi connectivity index (χ0) is 18.8. The molecule has 5 nitrogen and oxygen atoms in total. The first-order chi connectivity index (χ1) is 12.4. The van der Waals surface area contributed by atoms with Gasteiger partial charge in [0.05, 0.1) is 23.1 Å². The molecule has 0 spiro atoms. The fraction of sp³-hybridized carbons (Fsp3) is 0.0625. The third-order valence-corrected chi connectivity index (χ3v) is 5.62. The van der Waals surface area contributed by atoms with Crippen LogP contribution in [0.15, 0.2) is 50.2 Å². The highest BCUT2D eigenvalue weighted by Crippen LogP contribution is 2.23. The Kier molecular flexibility index (Phi) is 5.76. The van der Waals surface area contributed by atoms with E-state index < -0.39 is 11.4 Å². The third-order valence-electron chi connectivity index (χ3n) is 3.34. The van der Waals surface area contributed by atoms with E-state index in [1.807, 2.05) is 11.4 Å². The summed E-state index contributed by atoms with van der Waals surface area (Å²) < 4.78 is 15.3. The van der Waals surface area contributed by atoms with Gasteiger partial charge in [-0.3, -0.25) is 9.80 Å². The Morgan fingerprint density at radius 1 is 1.38 bits per heavy atom. The van der Waals surface area contributed by atoms with Crippen molar-refractivity contribution >= 4 is 62.4 Å². The molecule has 0 radical (unpaired) electrons. The molecule has 0 bridgehead atoms. The zero-order valence-corrected chi connectivity index (χ0v) is 17.1. The smallest absolute Gasteiger partial charge is 0.266 e. The van der Waals surface area contributed by atoms with Gasteiger partial charge in [-0.15, -0.1) is 11.3 Å². The lowest BCUT2D eigenvalue weighted by Crippen LogP contribution is -2.24. The van der Waals surface area contributed by atoms with Crippen LogP contribution in [-0.2, 0) is 0 Å². The van der Waals surface area contributed by atoms with E-state index in [1.54, 1.807) is 13.3 Å². The molecule has 0 atom stereocenters. The van der Waals surface area contributed by atoms with E-state index in [2.05, 4.69) is 26.1 Å². The van der Waals surface area contributed by atoms with Crippen LogP contribution in [-0.4, -0.2) is 23.0 Å². The SMILES string of the molecule is CN(/N=C/c1cc(Br)cs1)c1cnn(-c2ccc(F)c(Cl)c2)c(=O)c1Cl. The molecule has 1 aromatic carbocycles. The Labute approximate surface area is 170 Å². The van der Waals surface area contributed by atoms with Crippen molar-refractivity contribution in [3.8, 4) is 5.69 Å². The van der Waals surface area contributed by atoms with Crippen LogP contribution in [0.2, 0.25) is 10.0 Å². The summed E-state index contributed by atoms with van der Waals surface area (Å²) in [4.78, 5) is 13.4. The molecule has 0 unspecified atom stereocenters. The van der Waals surface area contributed by atoms with Crippen LogP contribution in [0.25, 0.3) is 5.69 Å². The summed E-state index contributed by atoms with van der Waals surface area (Å²) in [5, 5.41) is 11.6. The summed E-state index contributed by atoms with van der Waals surface area (Å²) >= 11 is 16.8. The van der Waals surface area contributed by atoms with Gasteiger partial charge in [-0.1, -0.05) is 23.2 Å². The maximum absolute atomic E-state index is 13.3. The van der Waals surface area contributed by atoms with E-state index in [0.717, 1.165) is 20.1 Å². The average Bonchev–Trinajstić information content (AvgIpc) is 3.03. The second-order valence-electron chi connectivity index (χ2n) is 5.09. The van der Waals surface area contributed by atoms with Gasteiger partial charge in [0, 0.05) is 21.8 Å². The molecule has 3 aromatic rings. The minimum absolute atomic E-state index is 0.0625. The van der Waals surface area contributed by atoms with Crippen LogP contribution in [0, 0.1) is 5.82 Å². The third kappa shape index (κ3) is 3.98. The molecular weight excluding hydrogens is 466 g/mol. The van der Waals surface area contributed by atoms with Crippen molar-refractivity contribution in [3.63, 3.8) is 0 Å². The van der Waals surface area contributed by atoms with Crippen LogP contribution < -0.4 is 10.6 Å². The molecule has 0 saturated heterocycles. The molecule has 0 aliphatic carbocycles. The monoisotopic (exact) mass is 474 g/mol. The Balaban J connectivity index is 1.92. The van der Waals surface area contributed by atoms with Gasteiger partial charge in [-0.05, 0) is 40.2 Å². The standard InChI is InChI=1S/C16H10BrCl2FN4OS/c1-23(21-6-11-4-9(17)8-26-11)14-7-22-24(16(25)15(14)19)10-2-3-13(20)12(18)5-10/h2-8H,1H3/b21-6+. The Morgan fingerprint density at radius 2 is 2.15 bits per heavy atom. The normalized spacial score (nSPS) is 11.3. The fourth-order valence-electron chi connectivity index (χ4n) is 2.05. The van der Waals surface area contributed by atoms with Crippen molar-refractivity contribution in [1.82, 2.24) is 9.78 Å². The molecule has 10 heteroatoms. The number of hydrogen-bond acceptors (Lipinski definition) is 5. The van der Waals surface area contributed by atoms with Crippen molar-refractivity contribution in [2.75, 3.05) is 12.1 Å². The van der Waals surface area contributed by atoms with Crippen molar-refractivity contribution in [2.24, 2.45) is 5.10 Å². The van der Waals surface area contributed by atoms with E-state index in [9.17, 15) is 9.18 Å². The summed E-state index contributed by atoms with van der Waals surface area (Å²) in [6.45, 7) is 0. The number of hydrogen-bond donors (Lipinski definition) is 0. The lowest BCUT2D eigenvalue weighted by Gasteiger charge is -2.15. The molecule has 3 rings (SSSR count). The molecule has 0 saturated carbocycles. The molecule has 2 aromatic heterocycles. The summed E-state index contributed by atoms with van der Waals surface area (Å²) in [6, 6.07) is 5.77. The predicted octanol–water partition coefficient (Wildman–Crippen LogP) is 4.97. The summed E-state index contributed by atoms with van der Waals surface area (Å²) in [6.07, 6.45) is 3.06. The first-order valence-corrected chi connectivity index (χ1v) is 9.54. The highest BCUT2D eigenvalue weighted by Gasteiger charge is 2.14. The van der Waals surface area contributed by atoms with Gasteiger partial charge in [-0.2, -0.15) is 14.9 Å². The largest absolute Gasteiger partial charge is 0.292 e. The number of benzene rings is 1. The van der Waals surface area contributed by atoms with Crippen LogP contribution >= 0.6 is 50.5 Å². The number of halogens is 4. The van der Waals surface area contributed by atoms with Crippen LogP contribution in [0.1, 0.15) is 4.88 Å².